The third kappa shape index (κ3) is 3.85. The molecule has 1 amide bonds. The van der Waals surface area contributed by atoms with Crippen molar-refractivity contribution in [1.29, 1.82) is 0 Å². The van der Waals surface area contributed by atoms with Gasteiger partial charge < -0.3 is 14.8 Å². The molecule has 4 rings (SSSR count). The topological polar surface area (TPSA) is 65.4 Å². The molecule has 0 fully saturated rings. The molecular weight excluding hydrogens is 374 g/mol. The lowest BCUT2D eigenvalue weighted by atomic mass is 10.1. The molecule has 148 valence electrons. The van der Waals surface area contributed by atoms with E-state index < -0.39 is 0 Å². The Morgan fingerprint density at radius 1 is 1.25 bits per heavy atom. The lowest BCUT2D eigenvalue weighted by Crippen LogP contribution is -2.25. The Kier molecular flexibility index (Phi) is 5.26. The van der Waals surface area contributed by atoms with Gasteiger partial charge in [-0.05, 0) is 43.0 Å². The van der Waals surface area contributed by atoms with Crippen LogP contribution >= 0.6 is 11.3 Å². The van der Waals surface area contributed by atoms with Gasteiger partial charge in [0.25, 0.3) is 5.91 Å². The maximum absolute atomic E-state index is 12.6. The number of nitrogens with zero attached hydrogens (tertiary/aromatic N) is 2. The molecule has 0 atom stereocenters. The maximum atomic E-state index is 12.6. The Balaban J connectivity index is 1.40. The summed E-state index contributed by atoms with van der Waals surface area (Å²) >= 11 is 1.51. The van der Waals surface area contributed by atoms with E-state index in [9.17, 15) is 4.79 Å². The van der Waals surface area contributed by atoms with Crippen LogP contribution in [0.2, 0.25) is 0 Å². The monoisotopic (exact) mass is 399 g/mol. The number of hydrogen-bond acceptors (Lipinski definition) is 5. The van der Waals surface area contributed by atoms with Crippen LogP contribution in [-0.4, -0.2) is 35.4 Å². The molecule has 1 aliphatic rings. The summed E-state index contributed by atoms with van der Waals surface area (Å²) in [5, 5.41) is 8.70. The van der Waals surface area contributed by atoms with Gasteiger partial charge >= 0.3 is 0 Å². The molecule has 6 nitrogen and oxygen atoms in total. The van der Waals surface area contributed by atoms with Crippen molar-refractivity contribution < 1.29 is 14.3 Å². The van der Waals surface area contributed by atoms with Crippen molar-refractivity contribution in [3.8, 4) is 11.5 Å². The molecule has 3 aromatic rings. The molecule has 0 saturated carbocycles. The minimum atomic E-state index is -0.0331. The molecule has 0 aliphatic carbocycles. The third-order valence-electron chi connectivity index (χ3n) is 4.68. The van der Waals surface area contributed by atoms with E-state index >= 15 is 0 Å². The molecular formula is C21H25N3O3S. The van der Waals surface area contributed by atoms with Crippen LogP contribution in [0, 0.1) is 12.8 Å². The number of fused-ring (bicyclic) bond motifs is 2. The second-order valence-electron chi connectivity index (χ2n) is 7.47. The van der Waals surface area contributed by atoms with Crippen LogP contribution < -0.4 is 14.8 Å². The highest BCUT2D eigenvalue weighted by molar-refractivity contribution is 7.20. The summed E-state index contributed by atoms with van der Waals surface area (Å²) in [5.74, 6) is 2.04. The second kappa shape index (κ2) is 7.83. The summed E-state index contributed by atoms with van der Waals surface area (Å²) in [6, 6.07) is 7.90. The lowest BCUT2D eigenvalue weighted by Gasteiger charge is -2.18. The highest BCUT2D eigenvalue weighted by Gasteiger charge is 2.17. The zero-order chi connectivity index (χ0) is 19.7. The van der Waals surface area contributed by atoms with E-state index in [1.807, 2.05) is 35.9 Å². The van der Waals surface area contributed by atoms with Crippen LogP contribution in [0.25, 0.3) is 10.2 Å². The van der Waals surface area contributed by atoms with E-state index in [0.717, 1.165) is 50.8 Å². The van der Waals surface area contributed by atoms with Gasteiger partial charge in [0.05, 0.1) is 10.6 Å². The van der Waals surface area contributed by atoms with E-state index in [1.54, 1.807) is 0 Å². The van der Waals surface area contributed by atoms with Gasteiger partial charge in [0.1, 0.15) is 18.0 Å². The molecule has 1 N–H and O–H groups in total. The van der Waals surface area contributed by atoms with Gasteiger partial charge in [-0.3, -0.25) is 9.48 Å². The number of amides is 1. The number of carbonyl (C=O) groups is 1. The smallest absolute Gasteiger partial charge is 0.261 e. The van der Waals surface area contributed by atoms with Crippen molar-refractivity contribution in [2.45, 2.75) is 33.7 Å². The summed E-state index contributed by atoms with van der Waals surface area (Å²) < 4.78 is 13.2. The molecule has 1 aromatic carbocycles. The number of benzene rings is 1. The molecule has 3 heterocycles. The lowest BCUT2D eigenvalue weighted by molar-refractivity contribution is 0.0958. The average molecular weight is 400 g/mol. The van der Waals surface area contributed by atoms with Gasteiger partial charge in [-0.1, -0.05) is 19.9 Å². The van der Waals surface area contributed by atoms with E-state index in [1.165, 1.54) is 11.3 Å². The minimum absolute atomic E-state index is 0.0331. The number of thiophene rings is 1. The summed E-state index contributed by atoms with van der Waals surface area (Å²) in [7, 11) is 0. The van der Waals surface area contributed by atoms with E-state index in [2.05, 4.69) is 24.3 Å². The Hall–Kier alpha value is -2.54. The fourth-order valence-electron chi connectivity index (χ4n) is 3.34. The van der Waals surface area contributed by atoms with Gasteiger partial charge in [0.2, 0.25) is 0 Å². The molecule has 7 heteroatoms. The first-order chi connectivity index (χ1) is 13.5. The molecule has 0 spiro atoms. The van der Waals surface area contributed by atoms with Crippen molar-refractivity contribution in [1.82, 2.24) is 15.1 Å². The van der Waals surface area contributed by atoms with Gasteiger partial charge in [0, 0.05) is 18.5 Å². The fourth-order valence-corrected chi connectivity index (χ4v) is 4.43. The predicted octanol–water partition coefficient (Wildman–Crippen LogP) is 3.81. The number of carbonyl (C=O) groups excluding carboxylic acids is 1. The molecule has 0 bridgehead atoms. The first-order valence-electron chi connectivity index (χ1n) is 9.65. The van der Waals surface area contributed by atoms with Crippen LogP contribution in [0.4, 0.5) is 0 Å². The molecule has 2 aromatic heterocycles. The zero-order valence-corrected chi connectivity index (χ0v) is 17.3. The van der Waals surface area contributed by atoms with Crippen molar-refractivity contribution in [2.24, 2.45) is 5.92 Å². The Bertz CT molecular complexity index is 1010. The van der Waals surface area contributed by atoms with Gasteiger partial charge in [-0.25, -0.2) is 0 Å². The van der Waals surface area contributed by atoms with Crippen LogP contribution in [0.1, 0.15) is 34.8 Å². The van der Waals surface area contributed by atoms with Crippen molar-refractivity contribution >= 4 is 27.5 Å². The fraction of sp³-hybridized carbons (Fsp3) is 0.429. The molecule has 1 aliphatic heterocycles. The number of hydrogen-bond donors (Lipinski definition) is 1. The van der Waals surface area contributed by atoms with Gasteiger partial charge in [0.15, 0.2) is 11.5 Å². The van der Waals surface area contributed by atoms with Crippen molar-refractivity contribution in [2.75, 3.05) is 19.8 Å². The van der Waals surface area contributed by atoms with Gasteiger partial charge in [-0.15, -0.1) is 11.3 Å². The number of aryl methyl sites for hydroxylation is 1. The molecule has 0 saturated heterocycles. The maximum Gasteiger partial charge on any atom is 0.261 e. The van der Waals surface area contributed by atoms with Crippen LogP contribution in [0.5, 0.6) is 11.5 Å². The van der Waals surface area contributed by atoms with Crippen LogP contribution in [0.3, 0.4) is 0 Å². The van der Waals surface area contributed by atoms with Crippen LogP contribution in [-0.2, 0) is 13.0 Å². The minimum Gasteiger partial charge on any atom is -0.486 e. The predicted molar refractivity (Wildman–Crippen MR) is 111 cm³/mol. The van der Waals surface area contributed by atoms with Crippen molar-refractivity contribution in [3.05, 3.63) is 40.4 Å². The summed E-state index contributed by atoms with van der Waals surface area (Å²) in [6.45, 7) is 8.93. The highest BCUT2D eigenvalue weighted by atomic mass is 32.1. The van der Waals surface area contributed by atoms with E-state index in [0.29, 0.717) is 25.7 Å². The summed E-state index contributed by atoms with van der Waals surface area (Å²) in [5.41, 5.74) is 2.09. The summed E-state index contributed by atoms with van der Waals surface area (Å²) in [4.78, 5) is 14.4. The largest absolute Gasteiger partial charge is 0.486 e. The van der Waals surface area contributed by atoms with Crippen LogP contribution in [0.15, 0.2) is 24.3 Å². The number of ether oxygens (including phenoxy) is 2. The molecule has 0 radical (unpaired) electrons. The highest BCUT2D eigenvalue weighted by Crippen LogP contribution is 2.31. The quantitative estimate of drug-likeness (QED) is 0.685. The van der Waals surface area contributed by atoms with Crippen molar-refractivity contribution in [3.63, 3.8) is 0 Å². The second-order valence-corrected chi connectivity index (χ2v) is 8.51. The first kappa shape index (κ1) is 18.8. The zero-order valence-electron chi connectivity index (χ0n) is 16.4. The summed E-state index contributed by atoms with van der Waals surface area (Å²) in [6.07, 6.45) is 0.743. The average Bonchev–Trinajstić information content (AvgIpc) is 3.23. The Morgan fingerprint density at radius 2 is 2.04 bits per heavy atom. The van der Waals surface area contributed by atoms with Gasteiger partial charge in [-0.2, -0.15) is 5.10 Å². The Labute approximate surface area is 168 Å². The number of nitrogens with one attached hydrogen (secondary N) is 1. The van der Waals surface area contributed by atoms with E-state index in [4.69, 9.17) is 9.47 Å². The van der Waals surface area contributed by atoms with E-state index in [-0.39, 0.29) is 5.91 Å². The number of rotatable bonds is 6. The SMILES string of the molecule is Cc1nn(CC(C)C)c2sc(C(=O)NCCc3ccc4c(c3)OCCO4)cc12. The molecule has 28 heavy (non-hydrogen) atoms. The third-order valence-corrected chi connectivity index (χ3v) is 5.82. The standard InChI is InChI=1S/C21H25N3O3S/c1-13(2)12-24-21-16(14(3)23-24)11-19(28-21)20(25)22-7-6-15-4-5-17-18(10-15)27-9-8-26-17/h4-5,10-11,13H,6-9,12H2,1-3H3,(H,22,25). The first-order valence-corrected chi connectivity index (χ1v) is 10.5. The number of aromatic nitrogens is 2. The normalized spacial score (nSPS) is 13.3. The Morgan fingerprint density at radius 3 is 2.82 bits per heavy atom. The molecule has 0 unspecified atom stereocenters.